The molecule has 2 aliphatic heterocycles. The molecular weight excluding hydrogens is 376 g/mol. The number of aliphatic hydroxyl groups excluding tert-OH is 5. The molecule has 0 saturated carbocycles. The molecule has 10 atom stereocenters. The zero-order valence-electron chi connectivity index (χ0n) is 16.4. The van der Waals surface area contributed by atoms with Crippen molar-refractivity contribution < 1.29 is 49.3 Å². The summed E-state index contributed by atoms with van der Waals surface area (Å²) in [6.07, 6.45) is -9.55. The van der Waals surface area contributed by atoms with Crippen LogP contribution in [-0.4, -0.2) is 99.3 Å². The first-order chi connectivity index (χ1) is 13.1. The molecule has 7 unspecified atom stereocenters. The highest BCUT2D eigenvalue weighted by Gasteiger charge is 2.47. The van der Waals surface area contributed by atoms with Gasteiger partial charge in [-0.15, -0.1) is 0 Å². The second-order valence-electron chi connectivity index (χ2n) is 7.57. The third-order valence-electron chi connectivity index (χ3n) is 5.09. The van der Waals surface area contributed by atoms with Crippen molar-refractivity contribution in [1.82, 2.24) is 0 Å². The minimum absolute atomic E-state index is 0.0397. The van der Waals surface area contributed by atoms with Crippen LogP contribution in [0.15, 0.2) is 0 Å². The number of Topliss-reactive ketones (excluding diaryl/α,β-unsaturated/α-hetero) is 1. The first-order valence-electron chi connectivity index (χ1n) is 9.58. The van der Waals surface area contributed by atoms with E-state index in [9.17, 15) is 30.3 Å². The number of hydrogen-bond donors (Lipinski definition) is 5. The van der Waals surface area contributed by atoms with Gasteiger partial charge in [-0.3, -0.25) is 0 Å². The topological polar surface area (TPSA) is 155 Å². The molecule has 0 radical (unpaired) electrons. The predicted molar refractivity (Wildman–Crippen MR) is 94.1 cm³/mol. The number of ether oxygens (including phenoxy) is 4. The van der Waals surface area contributed by atoms with Crippen LogP contribution < -0.4 is 0 Å². The Labute approximate surface area is 164 Å². The zero-order valence-corrected chi connectivity index (χ0v) is 16.4. The maximum Gasteiger partial charge on any atom is 0.187 e. The molecule has 10 heteroatoms. The van der Waals surface area contributed by atoms with E-state index < -0.39 is 61.9 Å². The maximum atomic E-state index is 11.2. The highest BCUT2D eigenvalue weighted by Crippen LogP contribution is 2.30. The molecule has 2 fully saturated rings. The molecule has 5 N–H and O–H groups in total. The molecule has 0 spiro atoms. The standard InChI is InChI=1S/C18H32O10/c1-8(20)4-5-9(2)25-17-12(6-11(21)10(3)26-17)27-18-16(24)15(23)14(22)13(7-19)28-18/h9-19,21-24H,4-7H2,1-3H3/t9-,10?,11-,12+,13?,14?,15?,16?,17?,18?/m1/s1. The van der Waals surface area contributed by atoms with Crippen molar-refractivity contribution in [2.24, 2.45) is 0 Å². The average Bonchev–Trinajstić information content (AvgIpc) is 2.64. The van der Waals surface area contributed by atoms with Crippen molar-refractivity contribution in [2.75, 3.05) is 6.61 Å². The van der Waals surface area contributed by atoms with Crippen LogP contribution in [0.25, 0.3) is 0 Å². The van der Waals surface area contributed by atoms with Gasteiger partial charge < -0.3 is 49.3 Å². The third kappa shape index (κ3) is 5.91. The van der Waals surface area contributed by atoms with E-state index in [1.807, 2.05) is 0 Å². The minimum atomic E-state index is -1.57. The molecule has 0 aromatic rings. The van der Waals surface area contributed by atoms with Gasteiger partial charge >= 0.3 is 0 Å². The van der Waals surface area contributed by atoms with Gasteiger partial charge in [-0.2, -0.15) is 0 Å². The van der Waals surface area contributed by atoms with Crippen molar-refractivity contribution in [3.05, 3.63) is 0 Å². The molecular formula is C18H32O10. The quantitative estimate of drug-likeness (QED) is 0.318. The lowest BCUT2D eigenvalue weighted by Crippen LogP contribution is -2.61. The molecule has 0 amide bonds. The van der Waals surface area contributed by atoms with Gasteiger partial charge in [-0.05, 0) is 27.2 Å². The second-order valence-corrected chi connectivity index (χ2v) is 7.57. The lowest BCUT2D eigenvalue weighted by Gasteiger charge is -2.44. The molecule has 0 aromatic heterocycles. The van der Waals surface area contributed by atoms with Crippen LogP contribution in [0.1, 0.15) is 40.0 Å². The fraction of sp³-hybridized carbons (Fsp3) is 0.944. The monoisotopic (exact) mass is 408 g/mol. The van der Waals surface area contributed by atoms with Crippen LogP contribution >= 0.6 is 0 Å². The van der Waals surface area contributed by atoms with Crippen LogP contribution in [0, 0.1) is 0 Å². The smallest absolute Gasteiger partial charge is 0.187 e. The van der Waals surface area contributed by atoms with Gasteiger partial charge in [0.2, 0.25) is 0 Å². The van der Waals surface area contributed by atoms with Gasteiger partial charge in [0.25, 0.3) is 0 Å². The molecule has 2 aliphatic rings. The molecule has 164 valence electrons. The third-order valence-corrected chi connectivity index (χ3v) is 5.09. The van der Waals surface area contributed by atoms with Gasteiger partial charge in [0.05, 0.1) is 24.9 Å². The van der Waals surface area contributed by atoms with Crippen molar-refractivity contribution in [3.63, 3.8) is 0 Å². The molecule has 2 heterocycles. The maximum absolute atomic E-state index is 11.2. The van der Waals surface area contributed by atoms with E-state index >= 15 is 0 Å². The van der Waals surface area contributed by atoms with Gasteiger partial charge in [-0.25, -0.2) is 0 Å². The summed E-state index contributed by atoms with van der Waals surface area (Å²) in [7, 11) is 0. The highest BCUT2D eigenvalue weighted by molar-refractivity contribution is 5.75. The molecule has 2 saturated heterocycles. The van der Waals surface area contributed by atoms with Gasteiger partial charge in [0.15, 0.2) is 12.6 Å². The van der Waals surface area contributed by atoms with Crippen molar-refractivity contribution in [2.45, 2.75) is 101 Å². The molecule has 0 aliphatic carbocycles. The molecule has 10 nitrogen and oxygen atoms in total. The average molecular weight is 408 g/mol. The summed E-state index contributed by atoms with van der Waals surface area (Å²) in [5.74, 6) is 0.0397. The van der Waals surface area contributed by atoms with Crippen molar-refractivity contribution in [1.29, 1.82) is 0 Å². The summed E-state index contributed by atoms with van der Waals surface area (Å²) in [4.78, 5) is 11.2. The fourth-order valence-electron chi connectivity index (χ4n) is 3.23. The van der Waals surface area contributed by atoms with E-state index in [4.69, 9.17) is 18.9 Å². The normalized spacial score (nSPS) is 42.9. The van der Waals surface area contributed by atoms with Crippen LogP contribution in [0.5, 0.6) is 0 Å². The van der Waals surface area contributed by atoms with Crippen molar-refractivity contribution in [3.8, 4) is 0 Å². The van der Waals surface area contributed by atoms with Crippen LogP contribution in [0.4, 0.5) is 0 Å². The summed E-state index contributed by atoms with van der Waals surface area (Å²) in [6, 6.07) is 0. The molecule has 0 bridgehead atoms. The Balaban J connectivity index is 2.05. The Bertz CT molecular complexity index is 501. The number of aliphatic hydroxyl groups is 5. The Hall–Kier alpha value is -0.690. The summed E-state index contributed by atoms with van der Waals surface area (Å²) < 4.78 is 22.6. The first-order valence-corrected chi connectivity index (χ1v) is 9.58. The van der Waals surface area contributed by atoms with Crippen LogP contribution in [0.3, 0.4) is 0 Å². The lowest BCUT2D eigenvalue weighted by atomic mass is 9.98. The summed E-state index contributed by atoms with van der Waals surface area (Å²) >= 11 is 0. The Morgan fingerprint density at radius 1 is 1.11 bits per heavy atom. The molecule has 0 aromatic carbocycles. The van der Waals surface area contributed by atoms with Crippen LogP contribution in [-0.2, 0) is 23.7 Å². The first kappa shape index (κ1) is 23.6. The lowest BCUT2D eigenvalue weighted by molar-refractivity contribution is -0.352. The van der Waals surface area contributed by atoms with E-state index in [1.54, 1.807) is 13.8 Å². The summed E-state index contributed by atoms with van der Waals surface area (Å²) in [6.45, 7) is 4.39. The summed E-state index contributed by atoms with van der Waals surface area (Å²) in [5, 5.41) is 49.4. The number of rotatable bonds is 8. The van der Waals surface area contributed by atoms with E-state index in [0.29, 0.717) is 12.8 Å². The van der Waals surface area contributed by atoms with Gasteiger partial charge in [-0.1, -0.05) is 0 Å². The van der Waals surface area contributed by atoms with E-state index in [-0.39, 0.29) is 18.3 Å². The second kappa shape index (κ2) is 10.4. The Kier molecular flexibility index (Phi) is 8.74. The number of hydrogen-bond acceptors (Lipinski definition) is 10. The molecule has 2 rings (SSSR count). The largest absolute Gasteiger partial charge is 0.394 e. The van der Waals surface area contributed by atoms with Crippen molar-refractivity contribution >= 4 is 5.78 Å². The van der Waals surface area contributed by atoms with E-state index in [2.05, 4.69) is 0 Å². The van der Waals surface area contributed by atoms with E-state index in [1.165, 1.54) is 6.92 Å². The SMILES string of the molecule is CC(=O)CC[C@@H](C)OC1OC(C)[C@H](O)C[C@@H]1OC1OC(CO)C(O)C(O)C1O. The minimum Gasteiger partial charge on any atom is -0.394 e. The summed E-state index contributed by atoms with van der Waals surface area (Å²) in [5.41, 5.74) is 0. The fourth-order valence-corrected chi connectivity index (χ4v) is 3.23. The molecule has 28 heavy (non-hydrogen) atoms. The zero-order chi connectivity index (χ0) is 21.0. The highest BCUT2D eigenvalue weighted by atomic mass is 16.7. The Morgan fingerprint density at radius 2 is 1.79 bits per heavy atom. The van der Waals surface area contributed by atoms with Gasteiger partial charge in [0, 0.05) is 12.8 Å². The predicted octanol–water partition coefficient (Wildman–Crippen LogP) is -1.56. The number of carbonyl (C=O) groups excluding carboxylic acids is 1. The van der Waals surface area contributed by atoms with Gasteiger partial charge in [0.1, 0.15) is 36.3 Å². The number of ketones is 1. The Morgan fingerprint density at radius 3 is 2.39 bits per heavy atom. The number of carbonyl (C=O) groups is 1. The van der Waals surface area contributed by atoms with Crippen LogP contribution in [0.2, 0.25) is 0 Å². The van der Waals surface area contributed by atoms with E-state index in [0.717, 1.165) is 0 Å².